The van der Waals surface area contributed by atoms with E-state index in [1.54, 1.807) is 19.1 Å². The van der Waals surface area contributed by atoms with Crippen LogP contribution in [0.3, 0.4) is 0 Å². The molecular formula is C20H23N3O3S. The van der Waals surface area contributed by atoms with Gasteiger partial charge >= 0.3 is 0 Å². The van der Waals surface area contributed by atoms with Gasteiger partial charge in [-0.25, -0.2) is 13.4 Å². The zero-order valence-electron chi connectivity index (χ0n) is 15.6. The quantitative estimate of drug-likeness (QED) is 0.856. The summed E-state index contributed by atoms with van der Waals surface area (Å²) in [6.07, 6.45) is 0.616. The number of nitrogens with one attached hydrogen (secondary N) is 1. The predicted molar refractivity (Wildman–Crippen MR) is 107 cm³/mol. The van der Waals surface area contributed by atoms with E-state index in [-0.39, 0.29) is 17.7 Å². The maximum atomic E-state index is 12.1. The van der Waals surface area contributed by atoms with Crippen molar-refractivity contribution >= 4 is 27.3 Å². The summed E-state index contributed by atoms with van der Waals surface area (Å²) in [4.78, 5) is 12.1. The molecule has 27 heavy (non-hydrogen) atoms. The summed E-state index contributed by atoms with van der Waals surface area (Å²) in [6.45, 7) is 5.13. The number of hydrogen-bond acceptors (Lipinski definition) is 4. The number of anilines is 1. The lowest BCUT2D eigenvalue weighted by molar-refractivity contribution is -0.130. The van der Waals surface area contributed by atoms with E-state index in [0.29, 0.717) is 12.1 Å². The second-order valence-electron chi connectivity index (χ2n) is 6.57. The highest BCUT2D eigenvalue weighted by Gasteiger charge is 2.32. The first-order valence-electron chi connectivity index (χ1n) is 8.84. The first-order chi connectivity index (χ1) is 12.8. The fourth-order valence-corrected chi connectivity index (χ4v) is 3.80. The van der Waals surface area contributed by atoms with Gasteiger partial charge in [0.2, 0.25) is 15.9 Å². The van der Waals surface area contributed by atoms with Gasteiger partial charge in [-0.15, -0.1) is 0 Å². The second kappa shape index (κ2) is 7.52. The third kappa shape index (κ3) is 4.19. The normalized spacial score (nSPS) is 16.9. The third-order valence-electron chi connectivity index (χ3n) is 4.65. The van der Waals surface area contributed by atoms with E-state index in [4.69, 9.17) is 0 Å². The molecule has 1 heterocycles. The van der Waals surface area contributed by atoms with Crippen LogP contribution < -0.4 is 4.72 Å². The van der Waals surface area contributed by atoms with E-state index in [0.717, 1.165) is 22.4 Å². The molecule has 6 nitrogen and oxygen atoms in total. The van der Waals surface area contributed by atoms with Gasteiger partial charge in [0.25, 0.3) is 0 Å². The maximum Gasteiger partial charge on any atom is 0.240 e. The van der Waals surface area contributed by atoms with Crippen LogP contribution in [0.4, 0.5) is 5.69 Å². The van der Waals surface area contributed by atoms with Crippen molar-refractivity contribution in [3.05, 3.63) is 65.2 Å². The van der Waals surface area contributed by atoms with Crippen LogP contribution in [0, 0.1) is 6.92 Å². The molecule has 0 saturated heterocycles. The van der Waals surface area contributed by atoms with Crippen molar-refractivity contribution in [1.82, 2.24) is 5.01 Å². The number of benzene rings is 2. The van der Waals surface area contributed by atoms with E-state index in [2.05, 4.69) is 9.82 Å². The molecule has 0 saturated carbocycles. The van der Waals surface area contributed by atoms with Crippen molar-refractivity contribution in [1.29, 1.82) is 0 Å². The largest absolute Gasteiger partial charge is 0.284 e. The Morgan fingerprint density at radius 1 is 1.19 bits per heavy atom. The molecule has 0 aromatic heterocycles. The Bertz CT molecular complexity index is 982. The van der Waals surface area contributed by atoms with Gasteiger partial charge in [0.05, 0.1) is 17.5 Å². The highest BCUT2D eigenvalue weighted by atomic mass is 32.2. The van der Waals surface area contributed by atoms with Crippen LogP contribution in [0.25, 0.3) is 0 Å². The molecule has 1 amide bonds. The van der Waals surface area contributed by atoms with Crippen molar-refractivity contribution in [3.63, 3.8) is 0 Å². The average molecular weight is 385 g/mol. The molecule has 1 N–H and O–H groups in total. The third-order valence-corrected chi connectivity index (χ3v) is 5.96. The van der Waals surface area contributed by atoms with E-state index in [1.165, 1.54) is 11.9 Å². The van der Waals surface area contributed by atoms with Gasteiger partial charge in [-0.05, 0) is 42.7 Å². The predicted octanol–water partition coefficient (Wildman–Crippen LogP) is 3.45. The summed E-state index contributed by atoms with van der Waals surface area (Å²) in [5, 5.41) is 6.07. The Hall–Kier alpha value is -2.67. The number of sulfonamides is 1. The lowest BCUT2D eigenvalue weighted by Crippen LogP contribution is -2.24. The Labute approximate surface area is 159 Å². The molecule has 3 rings (SSSR count). The van der Waals surface area contributed by atoms with Crippen molar-refractivity contribution < 1.29 is 13.2 Å². The summed E-state index contributed by atoms with van der Waals surface area (Å²) in [5.74, 6) is -0.0850. The van der Waals surface area contributed by atoms with Crippen LogP contribution in [-0.4, -0.2) is 30.8 Å². The summed E-state index contributed by atoms with van der Waals surface area (Å²) >= 11 is 0. The Morgan fingerprint density at radius 3 is 2.44 bits per heavy atom. The number of carbonyl (C=O) groups excluding carboxylic acids is 1. The zero-order chi connectivity index (χ0) is 19.6. The number of amides is 1. The van der Waals surface area contributed by atoms with E-state index < -0.39 is 10.0 Å². The molecule has 0 spiro atoms. The molecule has 1 aliphatic rings. The number of aryl methyl sites for hydroxylation is 1. The highest BCUT2D eigenvalue weighted by Crippen LogP contribution is 2.34. The zero-order valence-corrected chi connectivity index (χ0v) is 16.5. The van der Waals surface area contributed by atoms with Crippen molar-refractivity contribution in [2.75, 3.05) is 10.5 Å². The number of rotatable bonds is 5. The van der Waals surface area contributed by atoms with Gasteiger partial charge in [-0.1, -0.05) is 36.4 Å². The number of carbonyl (C=O) groups is 1. The van der Waals surface area contributed by atoms with Crippen LogP contribution in [-0.2, 0) is 14.8 Å². The lowest BCUT2D eigenvalue weighted by Gasteiger charge is -2.22. The molecule has 0 aliphatic carbocycles. The molecule has 2 aromatic rings. The Morgan fingerprint density at radius 2 is 1.85 bits per heavy atom. The highest BCUT2D eigenvalue weighted by molar-refractivity contribution is 7.92. The minimum atomic E-state index is -3.31. The van der Waals surface area contributed by atoms with E-state index in [1.807, 2.05) is 43.3 Å². The van der Waals surface area contributed by atoms with Crippen molar-refractivity contribution in [2.45, 2.75) is 33.2 Å². The van der Waals surface area contributed by atoms with Crippen molar-refractivity contribution in [2.24, 2.45) is 5.10 Å². The smallest absolute Gasteiger partial charge is 0.240 e. The monoisotopic (exact) mass is 385 g/mol. The summed E-state index contributed by atoms with van der Waals surface area (Å²) in [5.41, 5.74) is 4.39. The minimum Gasteiger partial charge on any atom is -0.284 e. The fourth-order valence-electron chi connectivity index (χ4n) is 3.16. The molecule has 2 aromatic carbocycles. The molecule has 1 atom stereocenters. The van der Waals surface area contributed by atoms with Gasteiger partial charge in [0.1, 0.15) is 0 Å². The van der Waals surface area contributed by atoms with E-state index in [9.17, 15) is 13.2 Å². The molecule has 1 unspecified atom stereocenters. The van der Waals surface area contributed by atoms with Gasteiger partial charge in [-0.2, -0.15) is 5.10 Å². The second-order valence-corrected chi connectivity index (χ2v) is 8.58. The fraction of sp³-hybridized carbons (Fsp3) is 0.300. The van der Waals surface area contributed by atoms with Crippen LogP contribution in [0.15, 0.2) is 53.6 Å². The summed E-state index contributed by atoms with van der Waals surface area (Å²) < 4.78 is 25.9. The van der Waals surface area contributed by atoms with Crippen LogP contribution in [0.2, 0.25) is 0 Å². The van der Waals surface area contributed by atoms with E-state index >= 15 is 0 Å². The lowest BCUT2D eigenvalue weighted by atomic mass is 9.95. The SMILES string of the molecule is CCS(=O)(=O)Nc1ccc(C2=NN(C(C)=O)C(c3ccccc3C)C2)cc1. The Kier molecular flexibility index (Phi) is 5.32. The summed E-state index contributed by atoms with van der Waals surface area (Å²) in [6, 6.07) is 14.9. The average Bonchev–Trinajstić information content (AvgIpc) is 3.08. The van der Waals surface area contributed by atoms with Gasteiger partial charge < -0.3 is 0 Å². The first-order valence-corrected chi connectivity index (χ1v) is 10.5. The van der Waals surface area contributed by atoms with Gasteiger partial charge in [0, 0.05) is 19.0 Å². The number of hydrogen-bond donors (Lipinski definition) is 1. The molecule has 7 heteroatoms. The molecule has 142 valence electrons. The van der Waals surface area contributed by atoms with Gasteiger partial charge in [-0.3, -0.25) is 9.52 Å². The topological polar surface area (TPSA) is 78.8 Å². The molecule has 0 fully saturated rings. The molecule has 0 bridgehead atoms. The Balaban J connectivity index is 1.86. The van der Waals surface area contributed by atoms with Crippen LogP contribution in [0.1, 0.15) is 43.0 Å². The van der Waals surface area contributed by atoms with Crippen molar-refractivity contribution in [3.8, 4) is 0 Å². The number of hydrazone groups is 1. The van der Waals surface area contributed by atoms with Gasteiger partial charge in [0.15, 0.2) is 0 Å². The summed E-state index contributed by atoms with van der Waals surface area (Å²) in [7, 11) is -3.31. The molecule has 0 radical (unpaired) electrons. The van der Waals surface area contributed by atoms with Crippen LogP contribution in [0.5, 0.6) is 0 Å². The minimum absolute atomic E-state index is 0.0210. The first kappa shape index (κ1) is 19.1. The van der Waals surface area contributed by atoms with Crippen LogP contribution >= 0.6 is 0 Å². The molecular weight excluding hydrogens is 362 g/mol. The maximum absolute atomic E-state index is 12.1. The standard InChI is InChI=1S/C20H23N3O3S/c1-4-27(25,26)22-17-11-9-16(10-12-17)19-13-20(23(21-19)15(3)24)18-8-6-5-7-14(18)2/h5-12,20,22H,4,13H2,1-3H3. The number of nitrogens with zero attached hydrogens (tertiary/aromatic N) is 2. The molecule has 1 aliphatic heterocycles.